The maximum Gasteiger partial charge on any atom is 0.000726 e. The van der Waals surface area contributed by atoms with Crippen molar-refractivity contribution in [3.8, 4) is 0 Å². The molecule has 0 heterocycles. The number of hydrogen-bond acceptors (Lipinski definition) is 1. The minimum atomic E-state index is 0.718. The van der Waals surface area contributed by atoms with Gasteiger partial charge in [-0.2, -0.15) is 0 Å². The molecule has 0 radical (unpaired) electrons. The lowest BCUT2D eigenvalue weighted by atomic mass is 9.97. The van der Waals surface area contributed by atoms with E-state index in [2.05, 4.69) is 70.8 Å². The number of nitrogens with zero attached hydrogens (tertiary/aromatic N) is 1. The highest BCUT2D eigenvalue weighted by Crippen LogP contribution is 2.14. The zero-order chi connectivity index (χ0) is 15.8. The Kier molecular flexibility index (Phi) is 8.03. The van der Waals surface area contributed by atoms with Crippen LogP contribution < -0.4 is 0 Å². The third-order valence-corrected chi connectivity index (χ3v) is 3.92. The van der Waals surface area contributed by atoms with Gasteiger partial charge in [0.25, 0.3) is 0 Å². The van der Waals surface area contributed by atoms with E-state index in [0.29, 0.717) is 0 Å². The fraction of sp³-hybridized carbons (Fsp3) is 0.700. The van der Waals surface area contributed by atoms with Crippen LogP contribution in [0.15, 0.2) is 24.3 Å². The van der Waals surface area contributed by atoms with Crippen LogP contribution in [-0.2, 0) is 12.8 Å². The molecule has 0 bridgehead atoms. The van der Waals surface area contributed by atoms with Crippen molar-refractivity contribution in [3.05, 3.63) is 35.4 Å². The molecule has 0 N–H and O–H groups in total. The van der Waals surface area contributed by atoms with Crippen molar-refractivity contribution in [3.63, 3.8) is 0 Å². The summed E-state index contributed by atoms with van der Waals surface area (Å²) >= 11 is 0. The van der Waals surface area contributed by atoms with E-state index >= 15 is 0 Å². The van der Waals surface area contributed by atoms with Crippen molar-refractivity contribution < 1.29 is 0 Å². The summed E-state index contributed by atoms with van der Waals surface area (Å²) in [6.45, 7) is 13.9. The van der Waals surface area contributed by atoms with Crippen molar-refractivity contribution in [2.45, 2.75) is 53.9 Å². The van der Waals surface area contributed by atoms with E-state index in [0.717, 1.165) is 17.8 Å². The van der Waals surface area contributed by atoms with Gasteiger partial charge in [-0.1, -0.05) is 58.9 Å². The topological polar surface area (TPSA) is 3.24 Å². The van der Waals surface area contributed by atoms with Crippen molar-refractivity contribution in [2.24, 2.45) is 17.8 Å². The number of benzene rings is 1. The molecule has 0 aromatic heterocycles. The molecule has 0 saturated carbocycles. The molecule has 1 heteroatoms. The Bertz CT molecular complexity index is 377. The van der Waals surface area contributed by atoms with Crippen LogP contribution >= 0.6 is 0 Å². The van der Waals surface area contributed by atoms with Crippen LogP contribution in [0.4, 0.5) is 0 Å². The summed E-state index contributed by atoms with van der Waals surface area (Å²) in [6, 6.07) is 9.30. The van der Waals surface area contributed by atoms with E-state index < -0.39 is 0 Å². The molecule has 21 heavy (non-hydrogen) atoms. The fourth-order valence-electron chi connectivity index (χ4n) is 2.99. The predicted octanol–water partition coefficient (Wildman–Crippen LogP) is 5.04. The Morgan fingerprint density at radius 1 is 0.810 bits per heavy atom. The molecule has 0 aliphatic rings. The average molecular weight is 290 g/mol. The molecule has 1 aromatic rings. The SMILES string of the molecule is CC(C)CCc1ccc(CC(C)CN(C)CC(C)C)cc1. The molecule has 0 amide bonds. The van der Waals surface area contributed by atoms with Crippen molar-refractivity contribution in [1.82, 2.24) is 4.90 Å². The van der Waals surface area contributed by atoms with E-state index in [1.54, 1.807) is 0 Å². The molecule has 0 saturated heterocycles. The highest BCUT2D eigenvalue weighted by molar-refractivity contribution is 5.23. The monoisotopic (exact) mass is 289 g/mol. The molecule has 0 aliphatic heterocycles. The molecule has 1 atom stereocenters. The largest absolute Gasteiger partial charge is 0.306 e. The van der Waals surface area contributed by atoms with E-state index in [1.165, 1.54) is 43.5 Å². The van der Waals surface area contributed by atoms with E-state index in [-0.39, 0.29) is 0 Å². The Hall–Kier alpha value is -0.820. The molecule has 1 rings (SSSR count). The van der Waals surface area contributed by atoms with E-state index in [4.69, 9.17) is 0 Å². The van der Waals surface area contributed by atoms with Crippen molar-refractivity contribution >= 4 is 0 Å². The average Bonchev–Trinajstić information content (AvgIpc) is 2.36. The lowest BCUT2D eigenvalue weighted by Gasteiger charge is -2.23. The lowest BCUT2D eigenvalue weighted by Crippen LogP contribution is -2.28. The van der Waals surface area contributed by atoms with E-state index in [9.17, 15) is 0 Å². The maximum atomic E-state index is 2.46. The van der Waals surface area contributed by atoms with Gasteiger partial charge < -0.3 is 4.90 Å². The third kappa shape index (κ3) is 8.26. The maximum absolute atomic E-state index is 2.46. The molecule has 0 aliphatic carbocycles. The normalized spacial score (nSPS) is 13.4. The van der Waals surface area contributed by atoms with E-state index in [1.807, 2.05) is 0 Å². The van der Waals surface area contributed by atoms with Crippen LogP contribution in [0.5, 0.6) is 0 Å². The van der Waals surface area contributed by atoms with Gasteiger partial charge in [0.1, 0.15) is 0 Å². The van der Waals surface area contributed by atoms with Crippen molar-refractivity contribution in [1.29, 1.82) is 0 Å². The smallest absolute Gasteiger partial charge is 0.000726 e. The molecule has 120 valence electrons. The summed E-state index contributed by atoms with van der Waals surface area (Å²) in [5.41, 5.74) is 2.96. The van der Waals surface area contributed by atoms with Crippen LogP contribution in [0.2, 0.25) is 0 Å². The highest BCUT2D eigenvalue weighted by atomic mass is 15.1. The van der Waals surface area contributed by atoms with Crippen LogP contribution in [0.3, 0.4) is 0 Å². The molecule has 0 fully saturated rings. The van der Waals surface area contributed by atoms with Gasteiger partial charge in [0.2, 0.25) is 0 Å². The van der Waals surface area contributed by atoms with Gasteiger partial charge in [-0.15, -0.1) is 0 Å². The first-order valence-electron chi connectivity index (χ1n) is 8.63. The minimum Gasteiger partial charge on any atom is -0.306 e. The first-order valence-corrected chi connectivity index (χ1v) is 8.63. The Labute approximate surface area is 132 Å². The first kappa shape index (κ1) is 18.2. The summed E-state index contributed by atoms with van der Waals surface area (Å²) in [6.07, 6.45) is 3.69. The van der Waals surface area contributed by atoms with Gasteiger partial charge in [-0.25, -0.2) is 0 Å². The van der Waals surface area contributed by atoms with Crippen LogP contribution in [-0.4, -0.2) is 25.0 Å². The molecule has 1 nitrogen and oxygen atoms in total. The lowest BCUT2D eigenvalue weighted by molar-refractivity contribution is 0.257. The zero-order valence-corrected chi connectivity index (χ0v) is 15.0. The zero-order valence-electron chi connectivity index (χ0n) is 15.0. The molecule has 1 aromatic carbocycles. The highest BCUT2D eigenvalue weighted by Gasteiger charge is 2.09. The van der Waals surface area contributed by atoms with Crippen LogP contribution in [0.1, 0.15) is 52.2 Å². The van der Waals surface area contributed by atoms with Gasteiger partial charge in [-0.3, -0.25) is 0 Å². The second-order valence-corrected chi connectivity index (χ2v) is 7.67. The summed E-state index contributed by atoms with van der Waals surface area (Å²) < 4.78 is 0. The van der Waals surface area contributed by atoms with Gasteiger partial charge in [-0.05, 0) is 55.2 Å². The van der Waals surface area contributed by atoms with Gasteiger partial charge in [0.15, 0.2) is 0 Å². The standard InChI is InChI=1S/C20H35N/c1-16(2)7-8-19-9-11-20(12-10-19)13-18(5)15-21(6)14-17(3)4/h9-12,16-18H,7-8,13-15H2,1-6H3. The Morgan fingerprint density at radius 2 is 1.38 bits per heavy atom. The minimum absolute atomic E-state index is 0.718. The Morgan fingerprint density at radius 3 is 1.90 bits per heavy atom. The quantitative estimate of drug-likeness (QED) is 0.615. The van der Waals surface area contributed by atoms with Crippen LogP contribution in [0, 0.1) is 17.8 Å². The first-order chi connectivity index (χ1) is 9.86. The molecular weight excluding hydrogens is 254 g/mol. The molecule has 1 unspecified atom stereocenters. The summed E-state index contributed by atoms with van der Waals surface area (Å²) in [5, 5.41) is 0. The predicted molar refractivity (Wildman–Crippen MR) is 94.8 cm³/mol. The van der Waals surface area contributed by atoms with Crippen LogP contribution in [0.25, 0.3) is 0 Å². The second-order valence-electron chi connectivity index (χ2n) is 7.67. The third-order valence-electron chi connectivity index (χ3n) is 3.92. The molecular formula is C20H35N. The second kappa shape index (κ2) is 9.25. The van der Waals surface area contributed by atoms with Crippen molar-refractivity contribution in [2.75, 3.05) is 20.1 Å². The summed E-state index contributed by atoms with van der Waals surface area (Å²) in [5.74, 6) is 2.26. The number of rotatable bonds is 9. The van der Waals surface area contributed by atoms with Gasteiger partial charge in [0, 0.05) is 13.1 Å². The Balaban J connectivity index is 2.40. The number of hydrogen-bond donors (Lipinski definition) is 0. The molecule has 0 spiro atoms. The number of aryl methyl sites for hydroxylation is 1. The van der Waals surface area contributed by atoms with Gasteiger partial charge >= 0.3 is 0 Å². The van der Waals surface area contributed by atoms with Gasteiger partial charge in [0.05, 0.1) is 0 Å². The fourth-order valence-corrected chi connectivity index (χ4v) is 2.99. The summed E-state index contributed by atoms with van der Waals surface area (Å²) in [7, 11) is 2.24. The summed E-state index contributed by atoms with van der Waals surface area (Å²) in [4.78, 5) is 2.46.